The number of alkyl halides is 3. The van der Waals surface area contributed by atoms with Gasteiger partial charge in [0.1, 0.15) is 6.67 Å². The predicted molar refractivity (Wildman–Crippen MR) is 97.2 cm³/mol. The zero-order chi connectivity index (χ0) is 21.2. The average molecular weight is 407 g/mol. The molecule has 1 saturated heterocycles. The van der Waals surface area contributed by atoms with Gasteiger partial charge in [0.25, 0.3) is 11.6 Å². The number of rotatable bonds is 5. The summed E-state index contributed by atoms with van der Waals surface area (Å²) < 4.78 is 39.3. The van der Waals surface area contributed by atoms with Crippen LogP contribution in [0.2, 0.25) is 0 Å². The molecule has 0 unspecified atom stereocenters. The van der Waals surface area contributed by atoms with Crippen molar-refractivity contribution in [3.05, 3.63) is 69.8 Å². The first-order valence-corrected chi connectivity index (χ1v) is 8.68. The van der Waals surface area contributed by atoms with Gasteiger partial charge in [0, 0.05) is 36.3 Å². The van der Waals surface area contributed by atoms with E-state index in [4.69, 9.17) is 0 Å². The number of non-ortho nitro benzene ring substituents is 1. The first-order chi connectivity index (χ1) is 13.7. The fourth-order valence-corrected chi connectivity index (χ4v) is 3.02. The Morgan fingerprint density at radius 1 is 1.17 bits per heavy atom. The summed E-state index contributed by atoms with van der Waals surface area (Å²) in [4.78, 5) is 37.6. The Morgan fingerprint density at radius 3 is 2.41 bits per heavy atom. The van der Waals surface area contributed by atoms with Crippen molar-refractivity contribution in [1.29, 1.82) is 0 Å². The van der Waals surface area contributed by atoms with Gasteiger partial charge in [0.05, 0.1) is 10.5 Å². The van der Waals surface area contributed by atoms with Crippen LogP contribution in [0.5, 0.6) is 0 Å². The van der Waals surface area contributed by atoms with E-state index in [1.165, 1.54) is 29.2 Å². The molecule has 2 amide bonds. The van der Waals surface area contributed by atoms with E-state index in [1.54, 1.807) is 0 Å². The van der Waals surface area contributed by atoms with Gasteiger partial charge in [0.15, 0.2) is 0 Å². The number of carbonyl (C=O) groups excluding carboxylic acids is 2. The molecule has 1 aliphatic rings. The summed E-state index contributed by atoms with van der Waals surface area (Å²) in [7, 11) is 0. The number of benzene rings is 2. The zero-order valence-electron chi connectivity index (χ0n) is 15.1. The van der Waals surface area contributed by atoms with E-state index in [-0.39, 0.29) is 29.5 Å². The van der Waals surface area contributed by atoms with Gasteiger partial charge < -0.3 is 4.90 Å². The van der Waals surface area contributed by atoms with Crippen molar-refractivity contribution in [2.45, 2.75) is 19.0 Å². The third-order valence-electron chi connectivity index (χ3n) is 4.54. The quantitative estimate of drug-likeness (QED) is 0.557. The Labute approximate surface area is 163 Å². The highest BCUT2D eigenvalue weighted by Gasteiger charge is 2.32. The van der Waals surface area contributed by atoms with Crippen molar-refractivity contribution in [3.63, 3.8) is 0 Å². The highest BCUT2D eigenvalue weighted by atomic mass is 19.4. The Hall–Kier alpha value is -3.43. The predicted octanol–water partition coefficient (Wildman–Crippen LogP) is 3.84. The molecule has 0 spiro atoms. The van der Waals surface area contributed by atoms with Crippen LogP contribution in [0.3, 0.4) is 0 Å². The van der Waals surface area contributed by atoms with Crippen molar-refractivity contribution >= 4 is 23.2 Å². The minimum Gasteiger partial charge on any atom is -0.324 e. The highest BCUT2D eigenvalue weighted by molar-refractivity contribution is 6.06. The summed E-state index contributed by atoms with van der Waals surface area (Å²) in [5.41, 5.74) is -1.12. The number of nitro groups is 1. The molecule has 2 aromatic rings. The van der Waals surface area contributed by atoms with Gasteiger partial charge in [-0.25, -0.2) is 0 Å². The van der Waals surface area contributed by atoms with Gasteiger partial charge in [-0.2, -0.15) is 13.2 Å². The minimum absolute atomic E-state index is 0.0251. The average Bonchev–Trinajstić information content (AvgIpc) is 3.09. The molecule has 0 saturated carbocycles. The summed E-state index contributed by atoms with van der Waals surface area (Å²) in [5.74, 6) is -0.864. The molecular weight excluding hydrogens is 391 g/mol. The SMILES string of the molecule is O=C1CCCN1CN(C(=O)c1ccc([N+](=O)[O-])cc1)c1cccc(C(F)(F)F)c1. The molecule has 10 heteroatoms. The van der Waals surface area contributed by atoms with Crippen LogP contribution in [-0.4, -0.2) is 34.9 Å². The summed E-state index contributed by atoms with van der Waals surface area (Å²) in [6.07, 6.45) is -3.69. The van der Waals surface area contributed by atoms with Gasteiger partial charge in [0.2, 0.25) is 5.91 Å². The maximum absolute atomic E-state index is 13.1. The van der Waals surface area contributed by atoms with Gasteiger partial charge in [-0.05, 0) is 36.8 Å². The van der Waals surface area contributed by atoms with Crippen molar-refractivity contribution in [2.24, 2.45) is 0 Å². The van der Waals surface area contributed by atoms with Crippen molar-refractivity contribution in [1.82, 2.24) is 4.90 Å². The van der Waals surface area contributed by atoms with Crippen molar-refractivity contribution in [3.8, 4) is 0 Å². The number of nitro benzene ring substituents is 1. The van der Waals surface area contributed by atoms with Crippen LogP contribution < -0.4 is 4.90 Å². The number of likely N-dealkylation sites (tertiary alicyclic amines) is 1. The van der Waals surface area contributed by atoms with E-state index in [0.29, 0.717) is 19.4 Å². The highest BCUT2D eigenvalue weighted by Crippen LogP contribution is 2.32. The van der Waals surface area contributed by atoms with E-state index >= 15 is 0 Å². The van der Waals surface area contributed by atoms with E-state index in [0.717, 1.165) is 29.2 Å². The second kappa shape index (κ2) is 7.90. The monoisotopic (exact) mass is 407 g/mol. The normalized spacial score (nSPS) is 14.2. The van der Waals surface area contributed by atoms with Crippen LogP contribution in [0.1, 0.15) is 28.8 Å². The van der Waals surface area contributed by atoms with Crippen molar-refractivity contribution in [2.75, 3.05) is 18.1 Å². The van der Waals surface area contributed by atoms with Gasteiger partial charge in [-0.15, -0.1) is 0 Å². The van der Waals surface area contributed by atoms with Crippen LogP contribution in [0, 0.1) is 10.1 Å². The molecule has 0 radical (unpaired) electrons. The molecule has 1 aliphatic heterocycles. The van der Waals surface area contributed by atoms with E-state index in [1.807, 2.05) is 0 Å². The van der Waals surface area contributed by atoms with Crippen molar-refractivity contribution < 1.29 is 27.7 Å². The number of carbonyl (C=O) groups is 2. The van der Waals surface area contributed by atoms with Crippen LogP contribution in [-0.2, 0) is 11.0 Å². The number of hydrogen-bond acceptors (Lipinski definition) is 4. The van der Waals surface area contributed by atoms with Gasteiger partial charge >= 0.3 is 6.18 Å². The fraction of sp³-hybridized carbons (Fsp3) is 0.263. The van der Waals surface area contributed by atoms with Crippen LogP contribution >= 0.6 is 0 Å². The smallest absolute Gasteiger partial charge is 0.324 e. The molecule has 7 nitrogen and oxygen atoms in total. The summed E-state index contributed by atoms with van der Waals surface area (Å²) in [6.45, 7) is 0.178. The topological polar surface area (TPSA) is 83.8 Å². The van der Waals surface area contributed by atoms with Crippen LogP contribution in [0.15, 0.2) is 48.5 Å². The molecule has 0 aliphatic carbocycles. The molecular formula is C19H16F3N3O4. The lowest BCUT2D eigenvalue weighted by molar-refractivity contribution is -0.384. The molecule has 3 rings (SSSR count). The molecule has 0 N–H and O–H groups in total. The molecule has 1 fully saturated rings. The molecule has 2 aromatic carbocycles. The maximum atomic E-state index is 13.1. The third-order valence-corrected chi connectivity index (χ3v) is 4.54. The lowest BCUT2D eigenvalue weighted by Gasteiger charge is -2.28. The summed E-state index contributed by atoms with van der Waals surface area (Å²) in [6, 6.07) is 8.99. The van der Waals surface area contributed by atoms with E-state index in [2.05, 4.69) is 0 Å². The molecule has 152 valence electrons. The molecule has 0 bridgehead atoms. The number of anilines is 1. The Balaban J connectivity index is 1.97. The first-order valence-electron chi connectivity index (χ1n) is 8.68. The number of nitrogens with zero attached hydrogens (tertiary/aromatic N) is 3. The van der Waals surface area contributed by atoms with E-state index in [9.17, 15) is 32.9 Å². The maximum Gasteiger partial charge on any atom is 0.416 e. The zero-order valence-corrected chi connectivity index (χ0v) is 15.1. The van der Waals surface area contributed by atoms with Crippen LogP contribution in [0.4, 0.5) is 24.5 Å². The Kier molecular flexibility index (Phi) is 5.53. The molecule has 0 aromatic heterocycles. The summed E-state index contributed by atoms with van der Waals surface area (Å²) >= 11 is 0. The second-order valence-electron chi connectivity index (χ2n) is 6.49. The van der Waals surface area contributed by atoms with Gasteiger partial charge in [-0.1, -0.05) is 6.07 Å². The largest absolute Gasteiger partial charge is 0.416 e. The molecule has 0 atom stereocenters. The lowest BCUT2D eigenvalue weighted by Crippen LogP contribution is -2.42. The Morgan fingerprint density at radius 2 is 1.86 bits per heavy atom. The van der Waals surface area contributed by atoms with E-state index < -0.39 is 22.6 Å². The minimum atomic E-state index is -4.60. The number of hydrogen-bond donors (Lipinski definition) is 0. The van der Waals surface area contributed by atoms with Crippen LogP contribution in [0.25, 0.3) is 0 Å². The standard InChI is InChI=1S/C19H16F3N3O4/c20-19(21,22)14-3-1-4-16(11-14)24(12-23-10-2-5-17(23)26)18(27)13-6-8-15(9-7-13)25(28)29/h1,3-4,6-9,11H,2,5,10,12H2. The first kappa shape index (κ1) is 20.3. The lowest BCUT2D eigenvalue weighted by atomic mass is 10.1. The number of amides is 2. The number of halogens is 3. The fourth-order valence-electron chi connectivity index (χ4n) is 3.02. The summed E-state index contributed by atoms with van der Waals surface area (Å²) in [5, 5.41) is 10.8. The third kappa shape index (κ3) is 4.53. The molecule has 1 heterocycles. The van der Waals surface area contributed by atoms with Gasteiger partial charge in [-0.3, -0.25) is 24.6 Å². The molecule has 29 heavy (non-hydrogen) atoms. The second-order valence-corrected chi connectivity index (χ2v) is 6.49. The Bertz CT molecular complexity index is 944.